The van der Waals surface area contributed by atoms with Crippen molar-refractivity contribution in [1.29, 1.82) is 0 Å². The fourth-order valence-electron chi connectivity index (χ4n) is 1.75. The van der Waals surface area contributed by atoms with Crippen LogP contribution in [0.15, 0.2) is 42.5 Å². The van der Waals surface area contributed by atoms with E-state index >= 15 is 0 Å². The Bertz CT molecular complexity index is 799. The molecular weight excluding hydrogens is 347 g/mol. The Labute approximate surface area is 138 Å². The first-order valence-corrected chi connectivity index (χ1v) is 9.00. The molecule has 0 saturated heterocycles. The number of sulfone groups is 1. The summed E-state index contributed by atoms with van der Waals surface area (Å²) in [7, 11) is -3.12. The molecule has 0 fully saturated rings. The molecule has 0 radical (unpaired) electrons. The molecule has 0 unspecified atom stereocenters. The summed E-state index contributed by atoms with van der Waals surface area (Å²) in [4.78, 5) is 12.0. The molecule has 0 heterocycles. The Morgan fingerprint density at radius 2 is 1.73 bits per heavy atom. The maximum Gasteiger partial charge on any atom is 0.343 e. The molecule has 2 aromatic rings. The molecule has 0 saturated carbocycles. The van der Waals surface area contributed by atoms with E-state index in [4.69, 9.17) is 27.9 Å². The van der Waals surface area contributed by atoms with Gasteiger partial charge in [-0.3, -0.25) is 0 Å². The number of ether oxygens (including phenoxy) is 1. The molecule has 0 bridgehead atoms. The van der Waals surface area contributed by atoms with Crippen LogP contribution in [-0.4, -0.2) is 20.6 Å². The van der Waals surface area contributed by atoms with Crippen molar-refractivity contribution in [2.45, 2.75) is 5.75 Å². The summed E-state index contributed by atoms with van der Waals surface area (Å²) in [6.45, 7) is 0. The van der Waals surface area contributed by atoms with Gasteiger partial charge in [0.15, 0.2) is 15.6 Å². The second-order valence-corrected chi connectivity index (χ2v) is 7.72. The van der Waals surface area contributed by atoms with Crippen LogP contribution >= 0.6 is 23.2 Å². The topological polar surface area (TPSA) is 60.4 Å². The van der Waals surface area contributed by atoms with Crippen LogP contribution in [0.3, 0.4) is 0 Å². The highest BCUT2D eigenvalue weighted by atomic mass is 35.5. The largest absolute Gasteiger partial charge is 0.421 e. The Kier molecular flexibility index (Phi) is 5.11. The van der Waals surface area contributed by atoms with E-state index < -0.39 is 15.8 Å². The highest BCUT2D eigenvalue weighted by molar-refractivity contribution is 7.89. The van der Waals surface area contributed by atoms with E-state index in [1.54, 1.807) is 18.2 Å². The van der Waals surface area contributed by atoms with Crippen LogP contribution in [-0.2, 0) is 15.6 Å². The van der Waals surface area contributed by atoms with Gasteiger partial charge in [-0.2, -0.15) is 0 Å². The quantitative estimate of drug-likeness (QED) is 0.616. The second kappa shape index (κ2) is 6.69. The molecule has 2 rings (SSSR count). The molecule has 0 aliphatic carbocycles. The van der Waals surface area contributed by atoms with Gasteiger partial charge in [0.1, 0.15) is 0 Å². The third kappa shape index (κ3) is 4.73. The number of carbonyl (C=O) groups is 1. The van der Waals surface area contributed by atoms with Crippen molar-refractivity contribution in [3.63, 3.8) is 0 Å². The van der Waals surface area contributed by atoms with Crippen LogP contribution in [0.2, 0.25) is 10.0 Å². The molecule has 0 spiro atoms. The summed E-state index contributed by atoms with van der Waals surface area (Å²) in [5.74, 6) is -0.517. The number of hydrogen-bond donors (Lipinski definition) is 0. The predicted molar refractivity (Wildman–Crippen MR) is 86.4 cm³/mol. The van der Waals surface area contributed by atoms with Crippen molar-refractivity contribution in [1.82, 2.24) is 0 Å². The average Bonchev–Trinajstić information content (AvgIpc) is 2.42. The van der Waals surface area contributed by atoms with E-state index in [1.165, 1.54) is 24.3 Å². The lowest BCUT2D eigenvalue weighted by atomic mass is 10.1. The maximum atomic E-state index is 12.0. The minimum absolute atomic E-state index is 0.0809. The lowest BCUT2D eigenvalue weighted by molar-refractivity contribution is 0.0735. The predicted octanol–water partition coefficient (Wildman–Crippen LogP) is 3.76. The van der Waals surface area contributed by atoms with Crippen molar-refractivity contribution in [3.8, 4) is 5.75 Å². The minimum Gasteiger partial charge on any atom is -0.421 e. The summed E-state index contributed by atoms with van der Waals surface area (Å²) < 4.78 is 27.6. The second-order valence-electron chi connectivity index (χ2n) is 4.73. The lowest BCUT2D eigenvalue weighted by Gasteiger charge is -2.07. The smallest absolute Gasteiger partial charge is 0.343 e. The van der Waals surface area contributed by atoms with E-state index in [0.717, 1.165) is 6.26 Å². The number of halogens is 2. The fraction of sp³-hybridized carbons (Fsp3) is 0.133. The third-order valence-electron chi connectivity index (χ3n) is 2.71. The van der Waals surface area contributed by atoms with E-state index in [-0.39, 0.29) is 22.1 Å². The summed E-state index contributed by atoms with van der Waals surface area (Å²) in [6, 6.07) is 10.7. The normalized spacial score (nSPS) is 11.2. The van der Waals surface area contributed by atoms with Crippen molar-refractivity contribution in [3.05, 3.63) is 63.6 Å². The van der Waals surface area contributed by atoms with Crippen LogP contribution in [0.5, 0.6) is 5.75 Å². The van der Waals surface area contributed by atoms with E-state index in [9.17, 15) is 13.2 Å². The molecule has 0 amide bonds. The van der Waals surface area contributed by atoms with Crippen molar-refractivity contribution in [2.75, 3.05) is 6.26 Å². The first-order chi connectivity index (χ1) is 10.2. The molecule has 22 heavy (non-hydrogen) atoms. The Morgan fingerprint density at radius 3 is 2.32 bits per heavy atom. The van der Waals surface area contributed by atoms with Crippen molar-refractivity contribution >= 4 is 39.0 Å². The average molecular weight is 359 g/mol. The Morgan fingerprint density at radius 1 is 1.09 bits per heavy atom. The molecule has 116 valence electrons. The Balaban J connectivity index is 2.15. The molecule has 7 heteroatoms. The summed E-state index contributed by atoms with van der Waals surface area (Å²) in [5, 5.41) is 0.669. The van der Waals surface area contributed by atoms with Gasteiger partial charge in [0, 0.05) is 17.3 Å². The first kappa shape index (κ1) is 16.8. The van der Waals surface area contributed by atoms with Crippen molar-refractivity contribution in [2.24, 2.45) is 0 Å². The zero-order valence-electron chi connectivity index (χ0n) is 11.5. The van der Waals surface area contributed by atoms with Gasteiger partial charge < -0.3 is 4.74 Å². The number of esters is 1. The number of carbonyl (C=O) groups excluding carboxylic acids is 1. The summed E-state index contributed by atoms with van der Waals surface area (Å²) in [5.41, 5.74) is 0.883. The third-order valence-corrected chi connectivity index (χ3v) is 4.12. The minimum atomic E-state index is -3.12. The van der Waals surface area contributed by atoms with E-state index in [0.29, 0.717) is 10.6 Å². The highest BCUT2D eigenvalue weighted by Gasteiger charge is 2.12. The van der Waals surface area contributed by atoms with E-state index in [1.807, 2.05) is 0 Å². The molecule has 0 aromatic heterocycles. The zero-order valence-corrected chi connectivity index (χ0v) is 13.9. The van der Waals surface area contributed by atoms with Gasteiger partial charge in [-0.1, -0.05) is 35.3 Å². The monoisotopic (exact) mass is 358 g/mol. The van der Waals surface area contributed by atoms with Gasteiger partial charge >= 0.3 is 5.97 Å². The van der Waals surface area contributed by atoms with Gasteiger partial charge in [0.05, 0.1) is 16.3 Å². The van der Waals surface area contributed by atoms with Gasteiger partial charge in [-0.15, -0.1) is 0 Å². The summed E-state index contributed by atoms with van der Waals surface area (Å²) >= 11 is 11.7. The number of hydrogen-bond acceptors (Lipinski definition) is 4. The van der Waals surface area contributed by atoms with Crippen LogP contribution in [0, 0.1) is 0 Å². The molecular formula is C15H12Cl2O4S. The van der Waals surface area contributed by atoms with Crippen LogP contribution in [0.1, 0.15) is 15.9 Å². The maximum absolute atomic E-state index is 12.0. The molecule has 0 atom stereocenters. The number of benzene rings is 2. The molecule has 0 aliphatic rings. The van der Waals surface area contributed by atoms with Crippen molar-refractivity contribution < 1.29 is 17.9 Å². The highest BCUT2D eigenvalue weighted by Crippen LogP contribution is 2.28. The van der Waals surface area contributed by atoms with Gasteiger partial charge in [-0.25, -0.2) is 13.2 Å². The molecule has 2 aromatic carbocycles. The summed E-state index contributed by atoms with van der Waals surface area (Å²) in [6.07, 6.45) is 1.15. The molecule has 0 N–H and O–H groups in total. The zero-order chi connectivity index (χ0) is 16.3. The fourth-order valence-corrected chi connectivity index (χ4v) is 2.87. The van der Waals surface area contributed by atoms with Crippen LogP contribution < -0.4 is 4.74 Å². The SMILES string of the molecule is CS(=O)(=O)Cc1ccc(C(=O)Oc2cc(Cl)ccc2Cl)cc1. The van der Waals surface area contributed by atoms with Crippen LogP contribution in [0.25, 0.3) is 0 Å². The number of rotatable bonds is 4. The van der Waals surface area contributed by atoms with E-state index in [2.05, 4.69) is 0 Å². The van der Waals surface area contributed by atoms with Gasteiger partial charge in [0.2, 0.25) is 0 Å². The van der Waals surface area contributed by atoms with Gasteiger partial charge in [0.25, 0.3) is 0 Å². The Hall–Kier alpha value is -1.56. The lowest BCUT2D eigenvalue weighted by Crippen LogP contribution is -2.09. The molecule has 0 aliphatic heterocycles. The standard InChI is InChI=1S/C15H12Cl2O4S/c1-22(19,20)9-10-2-4-11(5-3-10)15(18)21-14-8-12(16)6-7-13(14)17/h2-8H,9H2,1H3. The van der Waals surface area contributed by atoms with Crippen LogP contribution in [0.4, 0.5) is 0 Å². The first-order valence-electron chi connectivity index (χ1n) is 6.18. The molecule has 4 nitrogen and oxygen atoms in total. The van der Waals surface area contributed by atoms with Gasteiger partial charge in [-0.05, 0) is 29.8 Å².